The zero-order valence-electron chi connectivity index (χ0n) is 8.41. The third kappa shape index (κ3) is 2.67. The van der Waals surface area contributed by atoms with E-state index in [-0.39, 0.29) is 0 Å². The molecular weight excluding hydrogens is 178 g/mol. The van der Waals surface area contributed by atoms with E-state index in [1.54, 1.807) is 7.11 Å². The molecule has 0 atom stereocenters. The minimum atomic E-state index is 0.408. The third-order valence-electron chi connectivity index (χ3n) is 1.85. The Hall–Kier alpha value is -1.69. The summed E-state index contributed by atoms with van der Waals surface area (Å²) < 4.78 is 10.5. The van der Waals surface area contributed by atoms with Gasteiger partial charge < -0.3 is 9.47 Å². The van der Waals surface area contributed by atoms with Crippen LogP contribution in [-0.4, -0.2) is 13.7 Å². The molecule has 0 N–H and O–H groups in total. The second-order valence-corrected chi connectivity index (χ2v) is 2.89. The topological polar surface area (TPSA) is 42.2 Å². The lowest BCUT2D eigenvalue weighted by Crippen LogP contribution is -1.96. The first-order chi connectivity index (χ1) is 6.77. The number of aryl methyl sites for hydroxylation is 1. The van der Waals surface area contributed by atoms with Crippen molar-refractivity contribution in [2.45, 2.75) is 13.3 Å². The van der Waals surface area contributed by atoms with Gasteiger partial charge >= 0.3 is 0 Å². The fourth-order valence-corrected chi connectivity index (χ4v) is 1.16. The highest BCUT2D eigenvalue weighted by atomic mass is 16.5. The summed E-state index contributed by atoms with van der Waals surface area (Å²) in [7, 11) is 1.64. The first-order valence-corrected chi connectivity index (χ1v) is 4.42. The summed E-state index contributed by atoms with van der Waals surface area (Å²) in [6, 6.07) is 7.62. The highest BCUT2D eigenvalue weighted by Gasteiger charge is 1.99. The van der Waals surface area contributed by atoms with Crippen molar-refractivity contribution in [3.8, 4) is 17.6 Å². The Balaban J connectivity index is 2.63. The fourth-order valence-electron chi connectivity index (χ4n) is 1.16. The normalized spacial score (nSPS) is 9.21. The van der Waals surface area contributed by atoms with Gasteiger partial charge in [-0.3, -0.25) is 0 Å². The van der Waals surface area contributed by atoms with Crippen LogP contribution in [0.25, 0.3) is 0 Å². The molecule has 3 nitrogen and oxygen atoms in total. The number of benzene rings is 1. The van der Waals surface area contributed by atoms with Crippen LogP contribution in [0.1, 0.15) is 12.0 Å². The molecule has 0 heterocycles. The Bertz CT molecular complexity index is 342. The van der Waals surface area contributed by atoms with Crippen molar-refractivity contribution < 1.29 is 9.47 Å². The van der Waals surface area contributed by atoms with Crippen LogP contribution < -0.4 is 9.47 Å². The fraction of sp³-hybridized carbons (Fsp3) is 0.364. The lowest BCUT2D eigenvalue weighted by Gasteiger charge is -2.07. The molecule has 0 fully saturated rings. The van der Waals surface area contributed by atoms with E-state index in [1.165, 1.54) is 0 Å². The van der Waals surface area contributed by atoms with Crippen molar-refractivity contribution in [2.75, 3.05) is 13.7 Å². The Morgan fingerprint density at radius 3 is 2.79 bits per heavy atom. The van der Waals surface area contributed by atoms with Crippen LogP contribution in [0.2, 0.25) is 0 Å². The summed E-state index contributed by atoms with van der Waals surface area (Å²) in [6.07, 6.45) is 0.408. The van der Waals surface area contributed by atoms with E-state index in [2.05, 4.69) is 0 Å². The van der Waals surface area contributed by atoms with Crippen LogP contribution in [0.15, 0.2) is 18.2 Å². The SMILES string of the molecule is COc1ccc(OCCC#N)cc1C. The third-order valence-corrected chi connectivity index (χ3v) is 1.85. The van der Waals surface area contributed by atoms with Gasteiger partial charge in [-0.2, -0.15) is 5.26 Å². The maximum atomic E-state index is 8.33. The number of nitriles is 1. The van der Waals surface area contributed by atoms with E-state index in [0.29, 0.717) is 13.0 Å². The zero-order valence-corrected chi connectivity index (χ0v) is 8.41. The van der Waals surface area contributed by atoms with Crippen molar-refractivity contribution in [1.82, 2.24) is 0 Å². The first-order valence-electron chi connectivity index (χ1n) is 4.42. The van der Waals surface area contributed by atoms with E-state index in [0.717, 1.165) is 17.1 Å². The van der Waals surface area contributed by atoms with Gasteiger partial charge in [0.15, 0.2) is 0 Å². The minimum absolute atomic E-state index is 0.408. The van der Waals surface area contributed by atoms with Crippen LogP contribution in [-0.2, 0) is 0 Å². The summed E-state index contributed by atoms with van der Waals surface area (Å²) in [5.41, 5.74) is 1.03. The molecular formula is C11H13NO2. The van der Waals surface area contributed by atoms with Gasteiger partial charge in [0, 0.05) is 0 Å². The van der Waals surface area contributed by atoms with Crippen molar-refractivity contribution in [3.05, 3.63) is 23.8 Å². The minimum Gasteiger partial charge on any atom is -0.496 e. The lowest BCUT2D eigenvalue weighted by atomic mass is 10.2. The molecule has 0 aliphatic rings. The molecule has 0 aliphatic heterocycles. The Morgan fingerprint density at radius 1 is 1.43 bits per heavy atom. The average Bonchev–Trinajstić information content (AvgIpc) is 2.18. The quantitative estimate of drug-likeness (QED) is 0.686. The van der Waals surface area contributed by atoms with Gasteiger partial charge in [0.2, 0.25) is 0 Å². The van der Waals surface area contributed by atoms with Crippen LogP contribution >= 0.6 is 0 Å². The maximum absolute atomic E-state index is 8.33. The standard InChI is InChI=1S/C11H13NO2/c1-9-8-10(14-7-3-6-12)4-5-11(9)13-2/h4-5,8H,3,7H2,1-2H3. The highest BCUT2D eigenvalue weighted by Crippen LogP contribution is 2.22. The molecule has 0 spiro atoms. The van der Waals surface area contributed by atoms with Crippen molar-refractivity contribution >= 4 is 0 Å². The van der Waals surface area contributed by atoms with Crippen molar-refractivity contribution in [2.24, 2.45) is 0 Å². The van der Waals surface area contributed by atoms with Crippen LogP contribution in [0.5, 0.6) is 11.5 Å². The molecule has 1 aromatic carbocycles. The van der Waals surface area contributed by atoms with E-state index in [1.807, 2.05) is 31.2 Å². The number of hydrogen-bond acceptors (Lipinski definition) is 3. The molecule has 0 amide bonds. The Kier molecular flexibility index (Phi) is 3.81. The molecule has 0 unspecified atom stereocenters. The predicted octanol–water partition coefficient (Wildman–Crippen LogP) is 2.30. The predicted molar refractivity (Wildman–Crippen MR) is 53.5 cm³/mol. The van der Waals surface area contributed by atoms with Gasteiger partial charge in [0.25, 0.3) is 0 Å². The summed E-state index contributed by atoms with van der Waals surface area (Å²) in [6.45, 7) is 2.39. The summed E-state index contributed by atoms with van der Waals surface area (Å²) in [5, 5.41) is 8.33. The first kappa shape index (κ1) is 10.4. The van der Waals surface area contributed by atoms with E-state index in [9.17, 15) is 0 Å². The second-order valence-electron chi connectivity index (χ2n) is 2.89. The van der Waals surface area contributed by atoms with Crippen LogP contribution in [0, 0.1) is 18.3 Å². The molecule has 14 heavy (non-hydrogen) atoms. The summed E-state index contributed by atoms with van der Waals surface area (Å²) >= 11 is 0. The van der Waals surface area contributed by atoms with Gasteiger partial charge in [0.05, 0.1) is 19.6 Å². The maximum Gasteiger partial charge on any atom is 0.122 e. The molecule has 0 aliphatic carbocycles. The molecule has 0 saturated heterocycles. The molecule has 1 aromatic rings. The van der Waals surface area contributed by atoms with Crippen molar-refractivity contribution in [1.29, 1.82) is 5.26 Å². The van der Waals surface area contributed by atoms with Gasteiger partial charge in [-0.15, -0.1) is 0 Å². The molecule has 0 aromatic heterocycles. The van der Waals surface area contributed by atoms with E-state index < -0.39 is 0 Å². The lowest BCUT2D eigenvalue weighted by molar-refractivity contribution is 0.325. The Morgan fingerprint density at radius 2 is 2.21 bits per heavy atom. The van der Waals surface area contributed by atoms with Crippen LogP contribution in [0.3, 0.4) is 0 Å². The van der Waals surface area contributed by atoms with Gasteiger partial charge in [-0.25, -0.2) is 0 Å². The molecule has 0 saturated carbocycles. The molecule has 74 valence electrons. The Labute approximate surface area is 83.9 Å². The smallest absolute Gasteiger partial charge is 0.122 e. The van der Waals surface area contributed by atoms with E-state index >= 15 is 0 Å². The average molecular weight is 191 g/mol. The summed E-state index contributed by atoms with van der Waals surface area (Å²) in [4.78, 5) is 0. The largest absolute Gasteiger partial charge is 0.496 e. The summed E-state index contributed by atoms with van der Waals surface area (Å²) in [5.74, 6) is 1.62. The van der Waals surface area contributed by atoms with Gasteiger partial charge in [-0.05, 0) is 30.7 Å². The molecule has 3 heteroatoms. The van der Waals surface area contributed by atoms with Gasteiger partial charge in [-0.1, -0.05) is 0 Å². The number of nitrogens with zero attached hydrogens (tertiary/aromatic N) is 1. The highest BCUT2D eigenvalue weighted by molar-refractivity contribution is 5.39. The number of hydrogen-bond donors (Lipinski definition) is 0. The zero-order chi connectivity index (χ0) is 10.4. The number of ether oxygens (including phenoxy) is 2. The van der Waals surface area contributed by atoms with E-state index in [4.69, 9.17) is 14.7 Å². The molecule has 0 radical (unpaired) electrons. The molecule has 0 bridgehead atoms. The number of methoxy groups -OCH3 is 1. The molecule has 1 rings (SSSR count). The van der Waals surface area contributed by atoms with Crippen LogP contribution in [0.4, 0.5) is 0 Å². The number of rotatable bonds is 4. The van der Waals surface area contributed by atoms with Gasteiger partial charge in [0.1, 0.15) is 18.1 Å². The van der Waals surface area contributed by atoms with Crippen molar-refractivity contribution in [3.63, 3.8) is 0 Å². The second kappa shape index (κ2) is 5.13. The monoisotopic (exact) mass is 191 g/mol.